The molecule has 84 valence electrons. The molecule has 0 amide bonds. The molecule has 1 aliphatic carbocycles. The van der Waals surface area contributed by atoms with Crippen LogP contribution in [-0.4, -0.2) is 11.2 Å². The van der Waals surface area contributed by atoms with Crippen molar-refractivity contribution in [1.82, 2.24) is 4.98 Å². The first-order valence-electron chi connectivity index (χ1n) is 5.77. The Balaban J connectivity index is 1.83. The van der Waals surface area contributed by atoms with Crippen LogP contribution in [0, 0.1) is 17.2 Å². The number of hydrogen-bond acceptors (Lipinski definition) is 2. The summed E-state index contributed by atoms with van der Waals surface area (Å²) in [4.78, 5) is 4.21. The molecule has 2 rings (SSSR count). The average molecular weight is 218 g/mol. The molecule has 0 saturated heterocycles. The van der Waals surface area contributed by atoms with E-state index in [9.17, 15) is 4.39 Å². The van der Waals surface area contributed by atoms with Gasteiger partial charge in [0.1, 0.15) is 12.2 Å². The van der Waals surface area contributed by atoms with Crippen molar-refractivity contribution in [1.29, 1.82) is 5.26 Å². The lowest BCUT2D eigenvalue weighted by molar-refractivity contribution is 0.327. The Morgan fingerprint density at radius 3 is 2.88 bits per heavy atom. The molecule has 1 aromatic heterocycles. The number of nitriles is 1. The van der Waals surface area contributed by atoms with Gasteiger partial charge in [0.05, 0.1) is 5.56 Å². The zero-order chi connectivity index (χ0) is 11.4. The van der Waals surface area contributed by atoms with Crippen LogP contribution in [0.2, 0.25) is 0 Å². The minimum Gasteiger partial charge on any atom is -0.260 e. The molecule has 0 spiro atoms. The molecule has 0 unspecified atom stereocenters. The van der Waals surface area contributed by atoms with Gasteiger partial charge in [-0.3, -0.25) is 4.98 Å². The summed E-state index contributed by atoms with van der Waals surface area (Å²) in [5, 5.41) is 8.63. The molecule has 2 nitrogen and oxygen atoms in total. The zero-order valence-electron chi connectivity index (χ0n) is 9.19. The van der Waals surface area contributed by atoms with Gasteiger partial charge in [0.25, 0.3) is 0 Å². The highest BCUT2D eigenvalue weighted by atomic mass is 19.1. The number of halogens is 1. The maximum atomic E-state index is 12.9. The van der Waals surface area contributed by atoms with E-state index in [1.807, 2.05) is 12.1 Å². The smallest absolute Gasteiger partial charge is 0.101 e. The van der Waals surface area contributed by atoms with E-state index in [0.717, 1.165) is 37.8 Å². The molecule has 2 atom stereocenters. The molecule has 1 heterocycles. The number of pyridine rings is 1. The third kappa shape index (κ3) is 2.79. The maximum absolute atomic E-state index is 12.9. The first kappa shape index (κ1) is 11.1. The second kappa shape index (κ2) is 5.07. The largest absolute Gasteiger partial charge is 0.260 e. The van der Waals surface area contributed by atoms with Gasteiger partial charge in [-0.15, -0.1) is 0 Å². The summed E-state index contributed by atoms with van der Waals surface area (Å²) in [5.41, 5.74) is 1.59. The number of nitrogens with zero attached hydrogens (tertiary/aromatic N) is 2. The summed E-state index contributed by atoms with van der Waals surface area (Å²) < 4.78 is 12.9. The maximum Gasteiger partial charge on any atom is 0.101 e. The van der Waals surface area contributed by atoms with Gasteiger partial charge < -0.3 is 0 Å². The van der Waals surface area contributed by atoms with E-state index in [-0.39, 0.29) is 0 Å². The molecule has 0 N–H and O–H groups in total. The van der Waals surface area contributed by atoms with Crippen LogP contribution in [0.1, 0.15) is 36.9 Å². The normalized spacial score (nSPS) is 24.2. The standard InChI is InChI=1S/C13H15FN2/c14-12-4-1-10(7-12)2-5-13-6-3-11(8-15)9-16-13/h3,6,9-10,12H,1-2,4-5,7H2/t10-,12-/m0/s1. The van der Waals surface area contributed by atoms with E-state index in [2.05, 4.69) is 4.98 Å². The van der Waals surface area contributed by atoms with E-state index >= 15 is 0 Å². The van der Waals surface area contributed by atoms with Crippen LogP contribution in [0.5, 0.6) is 0 Å². The van der Waals surface area contributed by atoms with E-state index in [0.29, 0.717) is 11.5 Å². The Labute approximate surface area is 95.1 Å². The van der Waals surface area contributed by atoms with Crippen molar-refractivity contribution in [3.05, 3.63) is 29.6 Å². The quantitative estimate of drug-likeness (QED) is 0.781. The number of rotatable bonds is 3. The predicted octanol–water partition coefficient (Wildman–Crippen LogP) is 3.02. The minimum absolute atomic E-state index is 0.521. The summed E-state index contributed by atoms with van der Waals surface area (Å²) in [6.45, 7) is 0. The minimum atomic E-state index is -0.584. The third-order valence-electron chi connectivity index (χ3n) is 3.24. The van der Waals surface area contributed by atoms with Crippen molar-refractivity contribution in [2.24, 2.45) is 5.92 Å². The van der Waals surface area contributed by atoms with Crippen LogP contribution < -0.4 is 0 Å². The molecule has 1 fully saturated rings. The lowest BCUT2D eigenvalue weighted by atomic mass is 10.0. The van der Waals surface area contributed by atoms with Gasteiger partial charge in [-0.25, -0.2) is 4.39 Å². The first-order chi connectivity index (χ1) is 7.78. The third-order valence-corrected chi connectivity index (χ3v) is 3.24. The highest BCUT2D eigenvalue weighted by molar-refractivity contribution is 5.26. The Hall–Kier alpha value is -1.43. The van der Waals surface area contributed by atoms with Gasteiger partial charge in [0.15, 0.2) is 0 Å². The van der Waals surface area contributed by atoms with Crippen molar-refractivity contribution in [2.75, 3.05) is 0 Å². The molecule has 1 aliphatic rings. The fourth-order valence-electron chi connectivity index (χ4n) is 2.27. The van der Waals surface area contributed by atoms with E-state index in [4.69, 9.17) is 5.26 Å². The Bertz CT molecular complexity index is 380. The van der Waals surface area contributed by atoms with Crippen molar-refractivity contribution in [2.45, 2.75) is 38.3 Å². The summed E-state index contributed by atoms with van der Waals surface area (Å²) in [7, 11) is 0. The molecule has 0 bridgehead atoms. The van der Waals surface area contributed by atoms with Gasteiger partial charge in [0.2, 0.25) is 0 Å². The highest BCUT2D eigenvalue weighted by Crippen LogP contribution is 2.30. The monoisotopic (exact) mass is 218 g/mol. The van der Waals surface area contributed by atoms with Crippen molar-refractivity contribution in [3.63, 3.8) is 0 Å². The topological polar surface area (TPSA) is 36.7 Å². The number of aryl methyl sites for hydroxylation is 1. The van der Waals surface area contributed by atoms with Gasteiger partial charge in [0, 0.05) is 11.9 Å². The summed E-state index contributed by atoms with van der Waals surface area (Å²) in [6, 6.07) is 5.72. The molecule has 0 radical (unpaired) electrons. The Morgan fingerprint density at radius 1 is 1.44 bits per heavy atom. The SMILES string of the molecule is N#Cc1ccc(CC[C@@H]2CC[C@H](F)C2)nc1. The lowest BCUT2D eigenvalue weighted by Gasteiger charge is -2.07. The molecular weight excluding hydrogens is 203 g/mol. The van der Waals surface area contributed by atoms with Crippen molar-refractivity contribution >= 4 is 0 Å². The van der Waals surface area contributed by atoms with Crippen LogP contribution in [0.4, 0.5) is 4.39 Å². The highest BCUT2D eigenvalue weighted by Gasteiger charge is 2.23. The van der Waals surface area contributed by atoms with Gasteiger partial charge >= 0.3 is 0 Å². The molecule has 1 saturated carbocycles. The van der Waals surface area contributed by atoms with Crippen molar-refractivity contribution in [3.8, 4) is 6.07 Å². The van der Waals surface area contributed by atoms with Crippen LogP contribution in [0.3, 0.4) is 0 Å². The molecule has 16 heavy (non-hydrogen) atoms. The number of alkyl halides is 1. The molecule has 0 aliphatic heterocycles. The van der Waals surface area contributed by atoms with Crippen LogP contribution in [0.25, 0.3) is 0 Å². The number of aromatic nitrogens is 1. The zero-order valence-corrected chi connectivity index (χ0v) is 9.19. The Kier molecular flexibility index (Phi) is 3.51. The van der Waals surface area contributed by atoms with Crippen LogP contribution in [0.15, 0.2) is 18.3 Å². The fraction of sp³-hybridized carbons (Fsp3) is 0.538. The van der Waals surface area contributed by atoms with Crippen LogP contribution >= 0.6 is 0 Å². The van der Waals surface area contributed by atoms with E-state index < -0.39 is 6.17 Å². The predicted molar refractivity (Wildman–Crippen MR) is 59.5 cm³/mol. The number of hydrogen-bond donors (Lipinski definition) is 0. The summed E-state index contributed by atoms with van der Waals surface area (Å²) in [6.07, 6.45) is 5.38. The van der Waals surface area contributed by atoms with Gasteiger partial charge in [-0.1, -0.05) is 0 Å². The molecule has 0 aromatic carbocycles. The van der Waals surface area contributed by atoms with E-state index in [1.165, 1.54) is 0 Å². The molecular formula is C13H15FN2. The molecule has 1 aromatic rings. The van der Waals surface area contributed by atoms with Crippen molar-refractivity contribution < 1.29 is 4.39 Å². The summed E-state index contributed by atoms with van der Waals surface area (Å²) in [5.74, 6) is 0.521. The Morgan fingerprint density at radius 2 is 2.31 bits per heavy atom. The first-order valence-corrected chi connectivity index (χ1v) is 5.77. The second-order valence-electron chi connectivity index (χ2n) is 4.47. The molecule has 3 heteroatoms. The summed E-state index contributed by atoms with van der Waals surface area (Å²) >= 11 is 0. The van der Waals surface area contributed by atoms with E-state index in [1.54, 1.807) is 12.3 Å². The van der Waals surface area contributed by atoms with Gasteiger partial charge in [-0.2, -0.15) is 5.26 Å². The lowest BCUT2D eigenvalue weighted by Crippen LogP contribution is -2.00. The van der Waals surface area contributed by atoms with Crippen LogP contribution in [-0.2, 0) is 6.42 Å². The van der Waals surface area contributed by atoms with Gasteiger partial charge in [-0.05, 0) is 50.2 Å². The average Bonchev–Trinajstić information content (AvgIpc) is 2.73. The second-order valence-corrected chi connectivity index (χ2v) is 4.47. The fourth-order valence-corrected chi connectivity index (χ4v) is 2.27.